The number of esters is 1. The van der Waals surface area contributed by atoms with E-state index < -0.39 is 29.6 Å². The minimum atomic E-state index is -0.714. The summed E-state index contributed by atoms with van der Waals surface area (Å²) >= 11 is 0. The maximum absolute atomic E-state index is 13.3. The molecule has 0 fully saturated rings. The predicted octanol–water partition coefficient (Wildman–Crippen LogP) is 7.31. The van der Waals surface area contributed by atoms with Gasteiger partial charge in [0.05, 0.1) is 30.8 Å². The first kappa shape index (κ1) is 30.8. The number of rotatable bonds is 10. The second-order valence-electron chi connectivity index (χ2n) is 10.9. The van der Waals surface area contributed by atoms with E-state index in [4.69, 9.17) is 14.2 Å². The standard InChI is InChI=1S/C35H36N2O6/c1-35(2,3)43-34(40)37-31(27-16-14-25(15-17-27)26-18-20-28(41-4)21-19-26)22-32(38)36-30-13-9-8-12-29(30)33(39)42-23-24-10-6-5-7-11-24/h5-21,31H,22-23H2,1-4H3,(H,36,38)(H,37,40). The van der Waals surface area contributed by atoms with Gasteiger partial charge in [0.15, 0.2) is 0 Å². The van der Waals surface area contributed by atoms with Crippen LogP contribution in [0.5, 0.6) is 5.75 Å². The van der Waals surface area contributed by atoms with Gasteiger partial charge in [0.1, 0.15) is 18.0 Å². The number of hydrogen-bond acceptors (Lipinski definition) is 6. The summed E-state index contributed by atoms with van der Waals surface area (Å²) in [5, 5.41) is 5.64. The van der Waals surface area contributed by atoms with Crippen molar-refractivity contribution in [3.63, 3.8) is 0 Å². The minimum Gasteiger partial charge on any atom is -0.497 e. The van der Waals surface area contributed by atoms with Crippen molar-refractivity contribution in [2.24, 2.45) is 0 Å². The summed E-state index contributed by atoms with van der Waals surface area (Å²) in [6, 6.07) is 30.6. The Morgan fingerprint density at radius 3 is 2.00 bits per heavy atom. The molecular weight excluding hydrogens is 544 g/mol. The molecule has 1 atom stereocenters. The van der Waals surface area contributed by atoms with E-state index in [2.05, 4.69) is 10.6 Å². The molecule has 0 saturated carbocycles. The third-order valence-corrected chi connectivity index (χ3v) is 6.45. The zero-order valence-electron chi connectivity index (χ0n) is 24.8. The van der Waals surface area contributed by atoms with Crippen molar-refractivity contribution in [1.29, 1.82) is 0 Å². The molecule has 0 aliphatic rings. The van der Waals surface area contributed by atoms with Gasteiger partial charge in [-0.1, -0.05) is 78.9 Å². The molecule has 2 N–H and O–H groups in total. The molecule has 0 aliphatic carbocycles. The average Bonchev–Trinajstić information content (AvgIpc) is 2.99. The fourth-order valence-electron chi connectivity index (χ4n) is 4.35. The third-order valence-electron chi connectivity index (χ3n) is 6.45. The smallest absolute Gasteiger partial charge is 0.408 e. The lowest BCUT2D eigenvalue weighted by Gasteiger charge is -2.24. The van der Waals surface area contributed by atoms with Gasteiger partial charge in [-0.05, 0) is 67.3 Å². The van der Waals surface area contributed by atoms with Crippen LogP contribution in [-0.4, -0.2) is 30.7 Å². The molecule has 0 spiro atoms. The first-order valence-corrected chi connectivity index (χ1v) is 13.9. The van der Waals surface area contributed by atoms with Crippen molar-refractivity contribution in [2.75, 3.05) is 12.4 Å². The molecule has 0 heterocycles. The Balaban J connectivity index is 1.49. The van der Waals surface area contributed by atoms with Crippen molar-refractivity contribution < 1.29 is 28.6 Å². The van der Waals surface area contributed by atoms with E-state index >= 15 is 0 Å². The molecule has 0 aliphatic heterocycles. The lowest BCUT2D eigenvalue weighted by atomic mass is 9.98. The van der Waals surface area contributed by atoms with E-state index in [9.17, 15) is 14.4 Å². The number of ether oxygens (including phenoxy) is 3. The van der Waals surface area contributed by atoms with E-state index in [-0.39, 0.29) is 18.6 Å². The minimum absolute atomic E-state index is 0.103. The Morgan fingerprint density at radius 2 is 1.37 bits per heavy atom. The number of amides is 2. The van der Waals surface area contributed by atoms with Gasteiger partial charge in [-0.15, -0.1) is 0 Å². The number of methoxy groups -OCH3 is 1. The number of anilines is 1. The van der Waals surface area contributed by atoms with Crippen LogP contribution in [0.1, 0.15) is 54.7 Å². The predicted molar refractivity (Wildman–Crippen MR) is 166 cm³/mol. The van der Waals surface area contributed by atoms with Crippen LogP contribution in [0, 0.1) is 0 Å². The van der Waals surface area contributed by atoms with Crippen molar-refractivity contribution in [3.05, 3.63) is 120 Å². The topological polar surface area (TPSA) is 103 Å². The molecule has 2 amide bonds. The maximum Gasteiger partial charge on any atom is 0.408 e. The molecule has 0 saturated heterocycles. The molecule has 4 aromatic rings. The molecule has 4 rings (SSSR count). The number of alkyl carbamates (subject to hydrolysis) is 1. The summed E-state index contributed by atoms with van der Waals surface area (Å²) in [5.41, 5.74) is 3.37. The Hall–Kier alpha value is -5.11. The molecule has 43 heavy (non-hydrogen) atoms. The van der Waals surface area contributed by atoms with E-state index in [1.165, 1.54) is 0 Å². The highest BCUT2D eigenvalue weighted by Gasteiger charge is 2.24. The number of carbonyl (C=O) groups is 3. The van der Waals surface area contributed by atoms with Gasteiger partial charge >= 0.3 is 12.1 Å². The zero-order valence-corrected chi connectivity index (χ0v) is 24.8. The van der Waals surface area contributed by atoms with Crippen LogP contribution < -0.4 is 15.4 Å². The second-order valence-corrected chi connectivity index (χ2v) is 10.9. The number of benzene rings is 4. The molecule has 0 radical (unpaired) electrons. The fourth-order valence-corrected chi connectivity index (χ4v) is 4.35. The summed E-state index contributed by atoms with van der Waals surface area (Å²) in [7, 11) is 1.62. The van der Waals surface area contributed by atoms with Crippen molar-refractivity contribution in [1.82, 2.24) is 5.32 Å². The van der Waals surface area contributed by atoms with Crippen LogP contribution in [0.25, 0.3) is 11.1 Å². The van der Waals surface area contributed by atoms with Gasteiger partial charge in [0.25, 0.3) is 0 Å². The van der Waals surface area contributed by atoms with Crippen LogP contribution in [0.15, 0.2) is 103 Å². The Kier molecular flexibility index (Phi) is 10.2. The van der Waals surface area contributed by atoms with E-state index in [1.54, 1.807) is 52.1 Å². The van der Waals surface area contributed by atoms with Crippen LogP contribution in [0.4, 0.5) is 10.5 Å². The summed E-state index contributed by atoms with van der Waals surface area (Å²) in [6.45, 7) is 5.42. The van der Waals surface area contributed by atoms with Gasteiger partial charge in [-0.3, -0.25) is 4.79 Å². The Bertz CT molecular complexity index is 1530. The summed E-state index contributed by atoms with van der Waals surface area (Å²) < 4.78 is 16.2. The molecule has 1 unspecified atom stereocenters. The van der Waals surface area contributed by atoms with Crippen LogP contribution in [-0.2, 0) is 20.9 Å². The number of hydrogen-bond donors (Lipinski definition) is 2. The highest BCUT2D eigenvalue weighted by atomic mass is 16.6. The summed E-state index contributed by atoms with van der Waals surface area (Å²) in [5.74, 6) is -0.194. The van der Waals surface area contributed by atoms with Crippen LogP contribution >= 0.6 is 0 Å². The largest absolute Gasteiger partial charge is 0.497 e. The molecule has 8 heteroatoms. The maximum atomic E-state index is 13.3. The average molecular weight is 581 g/mol. The molecule has 0 bridgehead atoms. The van der Waals surface area contributed by atoms with Gasteiger partial charge in [-0.25, -0.2) is 9.59 Å². The van der Waals surface area contributed by atoms with Gasteiger partial charge < -0.3 is 24.8 Å². The molecule has 222 valence electrons. The van der Waals surface area contributed by atoms with E-state index in [0.29, 0.717) is 11.3 Å². The second kappa shape index (κ2) is 14.2. The Morgan fingerprint density at radius 1 is 0.767 bits per heavy atom. The van der Waals surface area contributed by atoms with Crippen molar-refractivity contribution >= 4 is 23.7 Å². The third kappa shape index (κ3) is 9.19. The van der Waals surface area contributed by atoms with Gasteiger partial charge in [0.2, 0.25) is 5.91 Å². The summed E-state index contributed by atoms with van der Waals surface area (Å²) in [4.78, 5) is 38.9. The van der Waals surface area contributed by atoms with Crippen LogP contribution in [0.2, 0.25) is 0 Å². The number of carbonyl (C=O) groups excluding carboxylic acids is 3. The van der Waals surface area contributed by atoms with Crippen LogP contribution in [0.3, 0.4) is 0 Å². The Labute approximate surface area is 252 Å². The molecule has 8 nitrogen and oxygen atoms in total. The lowest BCUT2D eigenvalue weighted by molar-refractivity contribution is -0.116. The lowest BCUT2D eigenvalue weighted by Crippen LogP contribution is -2.36. The molecule has 4 aromatic carbocycles. The first-order valence-electron chi connectivity index (χ1n) is 13.9. The monoisotopic (exact) mass is 580 g/mol. The van der Waals surface area contributed by atoms with E-state index in [0.717, 1.165) is 22.4 Å². The summed E-state index contributed by atoms with van der Waals surface area (Å²) in [6.07, 6.45) is -0.747. The van der Waals surface area contributed by atoms with Gasteiger partial charge in [0, 0.05) is 0 Å². The fraction of sp³-hybridized carbons (Fsp3) is 0.229. The number of para-hydroxylation sites is 1. The SMILES string of the molecule is COc1ccc(-c2ccc(C(CC(=O)Nc3ccccc3C(=O)OCc3ccccc3)NC(=O)OC(C)(C)C)cc2)cc1. The molecular formula is C35H36N2O6. The number of nitrogens with one attached hydrogen (secondary N) is 2. The van der Waals surface area contributed by atoms with Gasteiger partial charge in [-0.2, -0.15) is 0 Å². The molecule has 0 aromatic heterocycles. The zero-order chi connectivity index (χ0) is 30.8. The van der Waals surface area contributed by atoms with E-state index in [1.807, 2.05) is 78.9 Å². The van der Waals surface area contributed by atoms with Crippen molar-refractivity contribution in [2.45, 2.75) is 45.4 Å². The quantitative estimate of drug-likeness (QED) is 0.191. The highest BCUT2D eigenvalue weighted by molar-refractivity contribution is 6.01. The highest BCUT2D eigenvalue weighted by Crippen LogP contribution is 2.26. The first-order chi connectivity index (χ1) is 20.6. The van der Waals surface area contributed by atoms with Crippen molar-refractivity contribution in [3.8, 4) is 16.9 Å². The normalized spacial score (nSPS) is 11.6.